The summed E-state index contributed by atoms with van der Waals surface area (Å²) < 4.78 is 32.1. The van der Waals surface area contributed by atoms with Crippen molar-refractivity contribution in [1.82, 2.24) is 14.5 Å². The fourth-order valence-electron chi connectivity index (χ4n) is 3.99. The van der Waals surface area contributed by atoms with Crippen LogP contribution >= 0.6 is 0 Å². The minimum atomic E-state index is -3.59. The van der Waals surface area contributed by atoms with E-state index in [1.807, 2.05) is 4.90 Å². The number of amides is 2. The second kappa shape index (κ2) is 10.3. The Morgan fingerprint density at radius 1 is 1.00 bits per heavy atom. The quantitative estimate of drug-likeness (QED) is 0.730. The number of methoxy groups -OCH3 is 1. The topological polar surface area (TPSA) is 96.0 Å². The van der Waals surface area contributed by atoms with Gasteiger partial charge in [0.2, 0.25) is 21.8 Å². The standard InChI is InChI=1S/C21H31N3O5S/c1-29-18-6-8-19(9-7-18)30(27,28)24-14-10-17(11-15-24)21(26)22-16-20(25)23-12-4-2-3-5-13-23/h6-9,17H,2-5,10-16H2,1H3,(H,22,26). The SMILES string of the molecule is COc1ccc(S(=O)(=O)N2CCC(C(=O)NCC(=O)N3CCCCCC3)CC2)cc1. The third-order valence-electron chi connectivity index (χ3n) is 5.89. The molecule has 2 amide bonds. The molecule has 0 radical (unpaired) electrons. The number of ether oxygens (including phenoxy) is 1. The molecule has 0 bridgehead atoms. The molecule has 1 aromatic carbocycles. The van der Waals surface area contributed by atoms with Crippen LogP contribution in [0, 0.1) is 5.92 Å². The smallest absolute Gasteiger partial charge is 0.243 e. The summed E-state index contributed by atoms with van der Waals surface area (Å²) in [6.07, 6.45) is 5.21. The molecule has 0 aromatic heterocycles. The first-order valence-electron chi connectivity index (χ1n) is 10.6. The summed E-state index contributed by atoms with van der Waals surface area (Å²) in [6, 6.07) is 6.30. The molecule has 0 unspecified atom stereocenters. The molecule has 1 aromatic rings. The highest BCUT2D eigenvalue weighted by atomic mass is 32.2. The van der Waals surface area contributed by atoms with Crippen LogP contribution in [-0.2, 0) is 19.6 Å². The summed E-state index contributed by atoms with van der Waals surface area (Å²) in [4.78, 5) is 26.9. The van der Waals surface area contributed by atoms with Gasteiger partial charge in [0.25, 0.3) is 0 Å². The van der Waals surface area contributed by atoms with Gasteiger partial charge in [0.1, 0.15) is 5.75 Å². The zero-order valence-corrected chi connectivity index (χ0v) is 18.3. The lowest BCUT2D eigenvalue weighted by atomic mass is 9.97. The van der Waals surface area contributed by atoms with E-state index in [2.05, 4.69) is 5.32 Å². The van der Waals surface area contributed by atoms with E-state index in [-0.39, 0.29) is 42.3 Å². The van der Waals surface area contributed by atoms with E-state index in [9.17, 15) is 18.0 Å². The van der Waals surface area contributed by atoms with E-state index in [1.165, 1.54) is 23.5 Å². The first kappa shape index (κ1) is 22.6. The van der Waals surface area contributed by atoms with E-state index in [1.54, 1.807) is 12.1 Å². The monoisotopic (exact) mass is 437 g/mol. The number of nitrogens with one attached hydrogen (secondary N) is 1. The Morgan fingerprint density at radius 3 is 2.17 bits per heavy atom. The lowest BCUT2D eigenvalue weighted by molar-refractivity contribution is -0.134. The average Bonchev–Trinajstić information content (AvgIpc) is 3.07. The molecule has 166 valence electrons. The van der Waals surface area contributed by atoms with Crippen molar-refractivity contribution in [3.05, 3.63) is 24.3 Å². The summed E-state index contributed by atoms with van der Waals surface area (Å²) >= 11 is 0. The van der Waals surface area contributed by atoms with Crippen LogP contribution in [0.25, 0.3) is 0 Å². The Balaban J connectivity index is 1.48. The second-order valence-electron chi connectivity index (χ2n) is 7.87. The molecule has 1 N–H and O–H groups in total. The largest absolute Gasteiger partial charge is 0.497 e. The Kier molecular flexibility index (Phi) is 7.71. The third kappa shape index (κ3) is 5.51. The number of sulfonamides is 1. The highest BCUT2D eigenvalue weighted by Gasteiger charge is 2.32. The van der Waals surface area contributed by atoms with Gasteiger partial charge in [-0.2, -0.15) is 4.31 Å². The molecule has 30 heavy (non-hydrogen) atoms. The Bertz CT molecular complexity index is 825. The molecule has 3 rings (SSSR count). The van der Waals surface area contributed by atoms with Gasteiger partial charge in [0, 0.05) is 32.1 Å². The molecule has 0 atom stereocenters. The van der Waals surface area contributed by atoms with Crippen LogP contribution in [0.4, 0.5) is 0 Å². The molecule has 0 saturated carbocycles. The summed E-state index contributed by atoms with van der Waals surface area (Å²) in [5, 5.41) is 2.76. The van der Waals surface area contributed by atoms with Crippen LogP contribution in [0.2, 0.25) is 0 Å². The van der Waals surface area contributed by atoms with Gasteiger partial charge in [-0.15, -0.1) is 0 Å². The third-order valence-corrected chi connectivity index (χ3v) is 7.81. The number of hydrogen-bond acceptors (Lipinski definition) is 5. The number of rotatable bonds is 6. The van der Waals surface area contributed by atoms with Crippen LogP contribution in [0.3, 0.4) is 0 Å². The van der Waals surface area contributed by atoms with Crippen molar-refractivity contribution in [1.29, 1.82) is 0 Å². The fraction of sp³-hybridized carbons (Fsp3) is 0.619. The van der Waals surface area contributed by atoms with Crippen LogP contribution in [0.15, 0.2) is 29.2 Å². The van der Waals surface area contributed by atoms with Gasteiger partial charge in [-0.25, -0.2) is 8.42 Å². The van der Waals surface area contributed by atoms with Crippen molar-refractivity contribution in [3.8, 4) is 5.75 Å². The Morgan fingerprint density at radius 2 is 1.60 bits per heavy atom. The number of likely N-dealkylation sites (tertiary alicyclic amines) is 1. The molecule has 0 spiro atoms. The molecule has 8 nitrogen and oxygen atoms in total. The maximum Gasteiger partial charge on any atom is 0.243 e. The molecule has 2 aliphatic heterocycles. The molecule has 9 heteroatoms. The summed E-state index contributed by atoms with van der Waals surface area (Å²) in [5.74, 6) is 0.118. The second-order valence-corrected chi connectivity index (χ2v) is 9.80. The number of carbonyl (C=O) groups excluding carboxylic acids is 2. The van der Waals surface area contributed by atoms with E-state index >= 15 is 0 Å². The van der Waals surface area contributed by atoms with Gasteiger partial charge < -0.3 is 15.0 Å². The Hall–Kier alpha value is -2.13. The first-order valence-corrected chi connectivity index (χ1v) is 12.1. The fourth-order valence-corrected chi connectivity index (χ4v) is 5.46. The first-order chi connectivity index (χ1) is 14.4. The van der Waals surface area contributed by atoms with Crippen molar-refractivity contribution >= 4 is 21.8 Å². The van der Waals surface area contributed by atoms with E-state index in [4.69, 9.17) is 4.74 Å². The lowest BCUT2D eigenvalue weighted by Gasteiger charge is -2.30. The number of hydrogen-bond donors (Lipinski definition) is 1. The van der Waals surface area contributed by atoms with Crippen LogP contribution < -0.4 is 10.1 Å². The molecule has 2 aliphatic rings. The van der Waals surface area contributed by atoms with Crippen LogP contribution in [0.1, 0.15) is 38.5 Å². The predicted octanol–water partition coefficient (Wildman–Crippen LogP) is 1.61. The highest BCUT2D eigenvalue weighted by molar-refractivity contribution is 7.89. The van der Waals surface area contributed by atoms with Crippen molar-refractivity contribution < 1.29 is 22.7 Å². The average molecular weight is 438 g/mol. The molecule has 2 heterocycles. The van der Waals surface area contributed by atoms with Crippen molar-refractivity contribution in [2.75, 3.05) is 39.8 Å². The van der Waals surface area contributed by atoms with Crippen molar-refractivity contribution in [2.45, 2.75) is 43.4 Å². The minimum Gasteiger partial charge on any atom is -0.497 e. The van der Waals surface area contributed by atoms with Crippen molar-refractivity contribution in [3.63, 3.8) is 0 Å². The molecular formula is C21H31N3O5S. The number of benzene rings is 1. The van der Waals surface area contributed by atoms with E-state index in [0.29, 0.717) is 18.6 Å². The molecule has 2 saturated heterocycles. The van der Waals surface area contributed by atoms with E-state index < -0.39 is 10.0 Å². The van der Waals surface area contributed by atoms with Gasteiger partial charge >= 0.3 is 0 Å². The van der Waals surface area contributed by atoms with Crippen molar-refractivity contribution in [2.24, 2.45) is 5.92 Å². The van der Waals surface area contributed by atoms with E-state index in [0.717, 1.165) is 38.8 Å². The number of carbonyl (C=O) groups is 2. The minimum absolute atomic E-state index is 0.0171. The highest BCUT2D eigenvalue weighted by Crippen LogP contribution is 2.25. The number of nitrogens with zero attached hydrogens (tertiary/aromatic N) is 2. The maximum atomic E-state index is 12.8. The lowest BCUT2D eigenvalue weighted by Crippen LogP contribution is -2.45. The van der Waals surface area contributed by atoms with Gasteiger partial charge in [-0.1, -0.05) is 12.8 Å². The van der Waals surface area contributed by atoms with Crippen LogP contribution in [0.5, 0.6) is 5.75 Å². The summed E-state index contributed by atoms with van der Waals surface area (Å²) in [5.41, 5.74) is 0. The zero-order chi connectivity index (χ0) is 21.6. The molecule has 2 fully saturated rings. The normalized spacial score (nSPS) is 19.2. The summed E-state index contributed by atoms with van der Waals surface area (Å²) in [6.45, 7) is 2.11. The van der Waals surface area contributed by atoms with Gasteiger partial charge in [-0.05, 0) is 49.9 Å². The van der Waals surface area contributed by atoms with Crippen LogP contribution in [-0.4, -0.2) is 69.3 Å². The predicted molar refractivity (Wildman–Crippen MR) is 113 cm³/mol. The molecular weight excluding hydrogens is 406 g/mol. The maximum absolute atomic E-state index is 12.8. The van der Waals surface area contributed by atoms with Gasteiger partial charge in [0.05, 0.1) is 18.6 Å². The van der Waals surface area contributed by atoms with Gasteiger partial charge in [0.15, 0.2) is 0 Å². The van der Waals surface area contributed by atoms with Gasteiger partial charge in [-0.3, -0.25) is 9.59 Å². The summed E-state index contributed by atoms with van der Waals surface area (Å²) in [7, 11) is -2.07. The number of piperidine rings is 1. The zero-order valence-electron chi connectivity index (χ0n) is 17.5. The Labute approximate surface area is 178 Å². The molecule has 0 aliphatic carbocycles.